The molecule has 1 heterocycles. The average Bonchev–Trinajstić information content (AvgIpc) is 3.02. The zero-order valence-electron chi connectivity index (χ0n) is 18.1. The van der Waals surface area contributed by atoms with Crippen molar-refractivity contribution < 1.29 is 24.5 Å². The van der Waals surface area contributed by atoms with Gasteiger partial charge in [-0.2, -0.15) is 0 Å². The maximum absolute atomic E-state index is 9.55. The highest BCUT2D eigenvalue weighted by molar-refractivity contribution is 5.90. The molecule has 7 nitrogen and oxygen atoms in total. The van der Waals surface area contributed by atoms with Gasteiger partial charge in [-0.15, -0.1) is 0 Å². The Kier molecular flexibility index (Phi) is 8.40. The van der Waals surface area contributed by atoms with Crippen molar-refractivity contribution in [2.45, 2.75) is 33.4 Å². The summed E-state index contributed by atoms with van der Waals surface area (Å²) in [5.41, 5.74) is 5.01. The van der Waals surface area contributed by atoms with Gasteiger partial charge in [-0.25, -0.2) is 9.59 Å². The first kappa shape index (κ1) is 23.7. The van der Waals surface area contributed by atoms with Crippen LogP contribution in [0.25, 0.3) is 16.6 Å². The van der Waals surface area contributed by atoms with Crippen LogP contribution in [-0.4, -0.2) is 39.9 Å². The molecular formula is C24H28N2O5. The summed E-state index contributed by atoms with van der Waals surface area (Å²) < 4.78 is 7.75. The number of ether oxygens (including phenoxy) is 1. The van der Waals surface area contributed by atoms with Crippen molar-refractivity contribution in [3.05, 3.63) is 71.9 Å². The van der Waals surface area contributed by atoms with Gasteiger partial charge in [0.2, 0.25) is 0 Å². The Morgan fingerprint density at radius 2 is 1.68 bits per heavy atom. The molecule has 3 N–H and O–H groups in total. The van der Waals surface area contributed by atoms with Gasteiger partial charge in [0.25, 0.3) is 0 Å². The Labute approximate surface area is 181 Å². The van der Waals surface area contributed by atoms with Crippen LogP contribution in [0.5, 0.6) is 5.75 Å². The molecule has 0 unspecified atom stereocenters. The number of nitrogens with one attached hydrogen (secondary N) is 1. The summed E-state index contributed by atoms with van der Waals surface area (Å²) in [5, 5.41) is 20.4. The van der Waals surface area contributed by atoms with E-state index in [-0.39, 0.29) is 0 Å². The average molecular weight is 424 g/mol. The lowest BCUT2D eigenvalue weighted by atomic mass is 10.1. The maximum Gasteiger partial charge on any atom is 0.328 e. The number of methoxy groups -OCH3 is 1. The van der Waals surface area contributed by atoms with Gasteiger partial charge in [-0.05, 0) is 42.8 Å². The van der Waals surface area contributed by atoms with E-state index in [4.69, 9.17) is 14.9 Å². The second kappa shape index (κ2) is 11.0. The van der Waals surface area contributed by atoms with Crippen molar-refractivity contribution in [1.82, 2.24) is 9.88 Å². The zero-order chi connectivity index (χ0) is 23.0. The highest BCUT2D eigenvalue weighted by Crippen LogP contribution is 2.32. The largest absolute Gasteiger partial charge is 0.497 e. The number of fused-ring (bicyclic) bond motifs is 1. The molecule has 1 aromatic heterocycles. The third-order valence-electron chi connectivity index (χ3n) is 4.61. The Morgan fingerprint density at radius 3 is 2.19 bits per heavy atom. The summed E-state index contributed by atoms with van der Waals surface area (Å²) in [6, 6.07) is 17.3. The van der Waals surface area contributed by atoms with E-state index in [1.165, 1.54) is 27.8 Å². The van der Waals surface area contributed by atoms with Crippen molar-refractivity contribution in [2.75, 3.05) is 7.11 Å². The molecular weight excluding hydrogens is 396 g/mol. The van der Waals surface area contributed by atoms with Crippen LogP contribution in [0.4, 0.5) is 0 Å². The summed E-state index contributed by atoms with van der Waals surface area (Å²) in [4.78, 5) is 19.1. The molecule has 0 bridgehead atoms. The summed E-state index contributed by atoms with van der Waals surface area (Å²) in [6.07, 6.45) is 1.12. The second-order valence-electron chi connectivity index (χ2n) is 7.16. The first-order chi connectivity index (χ1) is 14.7. The Hall–Kier alpha value is -3.58. The highest BCUT2D eigenvalue weighted by atomic mass is 16.5. The van der Waals surface area contributed by atoms with E-state index in [2.05, 4.69) is 73.1 Å². The molecule has 31 heavy (non-hydrogen) atoms. The molecule has 0 amide bonds. The van der Waals surface area contributed by atoms with Gasteiger partial charge in [0, 0.05) is 41.5 Å². The number of carbonyl (C=O) groups is 2. The summed E-state index contributed by atoms with van der Waals surface area (Å²) in [6.45, 7) is 7.39. The number of hydrogen-bond acceptors (Lipinski definition) is 4. The lowest BCUT2D eigenvalue weighted by Crippen LogP contribution is -2.22. The van der Waals surface area contributed by atoms with Crippen molar-refractivity contribution in [2.24, 2.45) is 0 Å². The van der Waals surface area contributed by atoms with Gasteiger partial charge in [-0.3, -0.25) is 0 Å². The number of rotatable bonds is 7. The molecule has 0 saturated carbocycles. The molecule has 0 aliphatic carbocycles. The number of carboxylic acids is 2. The standard InChI is InChI=1S/C20H24N2O.C4H4O4/c1-14(2)21-13-19-15(3)22(16-8-6-5-7-9-16)20-11-10-17(23-4)12-18(19)20;5-3(6)1-2-4(7)8/h5-12,14,21H,13H2,1-4H3;1-2H,(H,5,6)(H,7,8)/b;2-1-. The van der Waals surface area contributed by atoms with E-state index >= 15 is 0 Å². The van der Waals surface area contributed by atoms with Gasteiger partial charge in [0.05, 0.1) is 12.6 Å². The minimum Gasteiger partial charge on any atom is -0.497 e. The lowest BCUT2D eigenvalue weighted by molar-refractivity contribution is -0.134. The fraction of sp³-hybridized carbons (Fsp3) is 0.250. The van der Waals surface area contributed by atoms with Crippen LogP contribution in [0, 0.1) is 6.92 Å². The van der Waals surface area contributed by atoms with Gasteiger partial charge < -0.3 is 24.8 Å². The van der Waals surface area contributed by atoms with E-state index in [1.54, 1.807) is 7.11 Å². The molecule has 3 rings (SSSR count). The summed E-state index contributed by atoms with van der Waals surface area (Å²) in [7, 11) is 1.72. The van der Waals surface area contributed by atoms with Crippen molar-refractivity contribution in [3.63, 3.8) is 0 Å². The summed E-state index contributed by atoms with van der Waals surface area (Å²) >= 11 is 0. The van der Waals surface area contributed by atoms with Gasteiger partial charge in [0.15, 0.2) is 0 Å². The predicted molar refractivity (Wildman–Crippen MR) is 121 cm³/mol. The predicted octanol–water partition coefficient (Wildman–Crippen LogP) is 4.16. The molecule has 7 heteroatoms. The van der Waals surface area contributed by atoms with Crippen LogP contribution < -0.4 is 10.1 Å². The fourth-order valence-electron chi connectivity index (χ4n) is 3.17. The number of hydrogen-bond donors (Lipinski definition) is 3. The highest BCUT2D eigenvalue weighted by Gasteiger charge is 2.16. The van der Waals surface area contributed by atoms with Crippen LogP contribution in [0.15, 0.2) is 60.7 Å². The number of nitrogens with zero attached hydrogens (tertiary/aromatic N) is 1. The SMILES string of the molecule is COc1ccc2c(c1)c(CNC(C)C)c(C)n2-c1ccccc1.O=C(O)/C=C\C(=O)O. The van der Waals surface area contributed by atoms with Crippen LogP contribution >= 0.6 is 0 Å². The Morgan fingerprint density at radius 1 is 1.06 bits per heavy atom. The quantitative estimate of drug-likeness (QED) is 0.493. The van der Waals surface area contributed by atoms with E-state index in [0.717, 1.165) is 12.3 Å². The van der Waals surface area contributed by atoms with Crippen molar-refractivity contribution >= 4 is 22.8 Å². The van der Waals surface area contributed by atoms with Crippen LogP contribution in [0.3, 0.4) is 0 Å². The number of para-hydroxylation sites is 1. The monoisotopic (exact) mass is 424 g/mol. The Balaban J connectivity index is 0.000000366. The van der Waals surface area contributed by atoms with E-state index in [1.807, 2.05) is 6.07 Å². The normalized spacial score (nSPS) is 10.9. The van der Waals surface area contributed by atoms with Crippen LogP contribution in [0.1, 0.15) is 25.1 Å². The molecule has 0 aliphatic heterocycles. The first-order valence-corrected chi connectivity index (χ1v) is 9.85. The molecule has 0 spiro atoms. The smallest absolute Gasteiger partial charge is 0.328 e. The van der Waals surface area contributed by atoms with Crippen molar-refractivity contribution in [1.29, 1.82) is 0 Å². The second-order valence-corrected chi connectivity index (χ2v) is 7.16. The van der Waals surface area contributed by atoms with Crippen molar-refractivity contribution in [3.8, 4) is 11.4 Å². The molecule has 164 valence electrons. The minimum atomic E-state index is -1.26. The number of aliphatic carboxylic acids is 2. The van der Waals surface area contributed by atoms with E-state index in [0.29, 0.717) is 18.2 Å². The number of aromatic nitrogens is 1. The number of benzene rings is 2. The van der Waals surface area contributed by atoms with Gasteiger partial charge in [-0.1, -0.05) is 32.0 Å². The molecule has 2 aromatic carbocycles. The molecule has 0 saturated heterocycles. The third-order valence-corrected chi connectivity index (χ3v) is 4.61. The molecule has 0 atom stereocenters. The molecule has 0 fully saturated rings. The van der Waals surface area contributed by atoms with Gasteiger partial charge >= 0.3 is 11.9 Å². The first-order valence-electron chi connectivity index (χ1n) is 9.85. The van der Waals surface area contributed by atoms with Crippen LogP contribution in [0.2, 0.25) is 0 Å². The third kappa shape index (κ3) is 6.45. The minimum absolute atomic E-state index is 0.454. The van der Waals surface area contributed by atoms with E-state index < -0.39 is 11.9 Å². The zero-order valence-corrected chi connectivity index (χ0v) is 18.1. The van der Waals surface area contributed by atoms with Crippen LogP contribution in [-0.2, 0) is 16.1 Å². The topological polar surface area (TPSA) is 101 Å². The lowest BCUT2D eigenvalue weighted by Gasteiger charge is -2.10. The number of carboxylic acid groups (broad SMARTS) is 2. The molecule has 0 radical (unpaired) electrons. The molecule has 3 aromatic rings. The van der Waals surface area contributed by atoms with Gasteiger partial charge in [0.1, 0.15) is 5.75 Å². The summed E-state index contributed by atoms with van der Waals surface area (Å²) in [5.74, 6) is -1.62. The maximum atomic E-state index is 9.55. The van der Waals surface area contributed by atoms with E-state index in [9.17, 15) is 9.59 Å². The molecule has 0 aliphatic rings. The fourth-order valence-corrected chi connectivity index (χ4v) is 3.17. The Bertz CT molecular complexity index is 1050.